The van der Waals surface area contributed by atoms with Crippen molar-refractivity contribution in [1.82, 2.24) is 4.31 Å². The second kappa shape index (κ2) is 6.93. The largest absolute Gasteiger partial charge is 0.490 e. The molecule has 118 valence electrons. The van der Waals surface area contributed by atoms with Crippen LogP contribution in [0.25, 0.3) is 0 Å². The molecule has 0 radical (unpaired) electrons. The molecule has 8 heteroatoms. The molecular weight excluding hydrogens is 316 g/mol. The smallest absolute Gasteiger partial charge is 0.246 e. The van der Waals surface area contributed by atoms with Crippen LogP contribution in [0.5, 0.6) is 5.75 Å². The topological polar surface area (TPSA) is 81.9 Å². The first-order valence-corrected chi connectivity index (χ1v) is 8.44. The molecule has 0 bridgehead atoms. The molecule has 1 aliphatic heterocycles. The summed E-state index contributed by atoms with van der Waals surface area (Å²) in [5.41, 5.74) is 5.79. The summed E-state index contributed by atoms with van der Waals surface area (Å²) in [5.74, 6) is 0.275. The molecule has 1 aliphatic rings. The Labute approximate surface area is 129 Å². The van der Waals surface area contributed by atoms with Crippen molar-refractivity contribution in [2.24, 2.45) is 5.73 Å². The van der Waals surface area contributed by atoms with Gasteiger partial charge in [0.05, 0.1) is 6.61 Å². The highest BCUT2D eigenvalue weighted by molar-refractivity contribution is 7.89. The van der Waals surface area contributed by atoms with E-state index >= 15 is 0 Å². The van der Waals surface area contributed by atoms with Gasteiger partial charge in [-0.15, -0.1) is 0 Å². The van der Waals surface area contributed by atoms with Crippen molar-refractivity contribution in [3.63, 3.8) is 0 Å². The minimum atomic E-state index is -3.66. The number of benzene rings is 1. The zero-order valence-corrected chi connectivity index (χ0v) is 13.4. The van der Waals surface area contributed by atoms with Gasteiger partial charge in [-0.05, 0) is 24.6 Å². The van der Waals surface area contributed by atoms with E-state index in [1.807, 2.05) is 0 Å². The van der Waals surface area contributed by atoms with E-state index in [0.29, 0.717) is 31.1 Å². The van der Waals surface area contributed by atoms with Crippen LogP contribution in [0.15, 0.2) is 23.1 Å². The van der Waals surface area contributed by atoms with E-state index in [9.17, 15) is 8.42 Å². The molecule has 1 aromatic rings. The minimum Gasteiger partial charge on any atom is -0.490 e. The van der Waals surface area contributed by atoms with Crippen LogP contribution in [0.2, 0.25) is 5.02 Å². The number of sulfonamides is 1. The highest BCUT2D eigenvalue weighted by Gasteiger charge is 2.33. The summed E-state index contributed by atoms with van der Waals surface area (Å²) in [6, 6.07) is 4.43. The Hall–Kier alpha value is -0.860. The van der Waals surface area contributed by atoms with Gasteiger partial charge in [-0.25, -0.2) is 8.42 Å². The van der Waals surface area contributed by atoms with Crippen molar-refractivity contribution >= 4 is 21.6 Å². The third-order valence-corrected chi connectivity index (χ3v) is 5.38. The van der Waals surface area contributed by atoms with Gasteiger partial charge in [0, 0.05) is 31.3 Å². The quantitative estimate of drug-likeness (QED) is 0.787. The normalized spacial score (nSPS) is 19.9. The fraction of sp³-hybridized carbons (Fsp3) is 0.538. The minimum absolute atomic E-state index is 0.0696. The number of hydrogen-bond acceptors (Lipinski definition) is 5. The Morgan fingerprint density at radius 1 is 1.43 bits per heavy atom. The zero-order valence-electron chi connectivity index (χ0n) is 11.8. The molecule has 0 saturated carbocycles. The van der Waals surface area contributed by atoms with Gasteiger partial charge >= 0.3 is 0 Å². The highest BCUT2D eigenvalue weighted by atomic mass is 35.5. The summed E-state index contributed by atoms with van der Waals surface area (Å²) < 4.78 is 37.1. The number of methoxy groups -OCH3 is 1. The third-order valence-electron chi connectivity index (χ3n) is 3.26. The summed E-state index contributed by atoms with van der Waals surface area (Å²) in [4.78, 5) is 0.0696. The third kappa shape index (κ3) is 3.87. The molecule has 1 atom stereocenters. The standard InChI is InChI=1S/C13H19ClN2O4S/c1-19-6-7-20-12-3-2-10(14)8-13(12)21(17,18)16-5-4-11(15)9-16/h2-3,8,11H,4-7,9,15H2,1H3/t11-/m0/s1. The van der Waals surface area contributed by atoms with Gasteiger partial charge in [-0.2, -0.15) is 4.31 Å². The second-order valence-corrected chi connectivity index (χ2v) is 7.19. The predicted molar refractivity (Wildman–Crippen MR) is 80.2 cm³/mol. The van der Waals surface area contributed by atoms with Crippen LogP contribution in [0.3, 0.4) is 0 Å². The molecule has 1 saturated heterocycles. The molecule has 0 amide bonds. The van der Waals surface area contributed by atoms with E-state index in [-0.39, 0.29) is 23.3 Å². The van der Waals surface area contributed by atoms with Crippen molar-refractivity contribution in [3.8, 4) is 5.75 Å². The first-order chi connectivity index (χ1) is 9.95. The van der Waals surface area contributed by atoms with E-state index in [2.05, 4.69) is 0 Å². The van der Waals surface area contributed by atoms with Crippen LogP contribution in [0, 0.1) is 0 Å². The average molecular weight is 335 g/mol. The van der Waals surface area contributed by atoms with Crippen LogP contribution < -0.4 is 10.5 Å². The lowest BCUT2D eigenvalue weighted by atomic mass is 10.3. The lowest BCUT2D eigenvalue weighted by Crippen LogP contribution is -2.32. The van der Waals surface area contributed by atoms with E-state index < -0.39 is 10.0 Å². The SMILES string of the molecule is COCCOc1ccc(Cl)cc1S(=O)(=O)N1CC[C@H](N)C1. The van der Waals surface area contributed by atoms with Gasteiger partial charge in [0.15, 0.2) is 0 Å². The molecule has 6 nitrogen and oxygen atoms in total. The summed E-state index contributed by atoms with van der Waals surface area (Å²) in [6.45, 7) is 1.36. The molecule has 0 unspecified atom stereocenters. The number of nitrogens with two attached hydrogens (primary N) is 1. The van der Waals surface area contributed by atoms with Gasteiger partial charge in [0.2, 0.25) is 10.0 Å². The fourth-order valence-corrected chi connectivity index (χ4v) is 4.05. The van der Waals surface area contributed by atoms with E-state index in [1.165, 1.54) is 10.4 Å². The molecule has 1 aromatic carbocycles. The number of ether oxygens (including phenoxy) is 2. The number of hydrogen-bond donors (Lipinski definition) is 1. The van der Waals surface area contributed by atoms with Gasteiger partial charge in [0.25, 0.3) is 0 Å². The van der Waals surface area contributed by atoms with Crippen LogP contribution in [-0.2, 0) is 14.8 Å². The lowest BCUT2D eigenvalue weighted by molar-refractivity contribution is 0.144. The van der Waals surface area contributed by atoms with Crippen molar-refractivity contribution in [2.75, 3.05) is 33.4 Å². The molecule has 1 heterocycles. The molecule has 0 aromatic heterocycles. The molecular formula is C13H19ClN2O4S. The van der Waals surface area contributed by atoms with Crippen molar-refractivity contribution in [3.05, 3.63) is 23.2 Å². The molecule has 0 spiro atoms. The highest BCUT2D eigenvalue weighted by Crippen LogP contribution is 2.31. The molecule has 0 aliphatic carbocycles. The van der Waals surface area contributed by atoms with Gasteiger partial charge < -0.3 is 15.2 Å². The summed E-state index contributed by atoms with van der Waals surface area (Å²) in [5, 5.41) is 0.344. The lowest BCUT2D eigenvalue weighted by Gasteiger charge is -2.19. The molecule has 2 rings (SSSR count). The van der Waals surface area contributed by atoms with Gasteiger partial charge in [-0.1, -0.05) is 11.6 Å². The van der Waals surface area contributed by atoms with Crippen LogP contribution in [0.4, 0.5) is 0 Å². The maximum absolute atomic E-state index is 12.7. The summed E-state index contributed by atoms with van der Waals surface area (Å²) in [6.07, 6.45) is 0.652. The van der Waals surface area contributed by atoms with Crippen LogP contribution >= 0.6 is 11.6 Å². The van der Waals surface area contributed by atoms with Crippen LogP contribution in [0.1, 0.15) is 6.42 Å². The first-order valence-electron chi connectivity index (χ1n) is 6.62. The van der Waals surface area contributed by atoms with Crippen molar-refractivity contribution < 1.29 is 17.9 Å². The monoisotopic (exact) mass is 334 g/mol. The fourth-order valence-electron chi connectivity index (χ4n) is 2.15. The molecule has 21 heavy (non-hydrogen) atoms. The zero-order chi connectivity index (χ0) is 15.5. The van der Waals surface area contributed by atoms with Crippen molar-refractivity contribution in [2.45, 2.75) is 17.4 Å². The Morgan fingerprint density at radius 3 is 2.81 bits per heavy atom. The number of nitrogens with zero attached hydrogens (tertiary/aromatic N) is 1. The molecule has 1 fully saturated rings. The Morgan fingerprint density at radius 2 is 2.19 bits per heavy atom. The Bertz CT molecular complexity index is 594. The second-order valence-electron chi connectivity index (χ2n) is 4.84. The maximum atomic E-state index is 12.7. The average Bonchev–Trinajstić information content (AvgIpc) is 2.88. The van der Waals surface area contributed by atoms with E-state index in [4.69, 9.17) is 26.8 Å². The van der Waals surface area contributed by atoms with Crippen molar-refractivity contribution in [1.29, 1.82) is 0 Å². The van der Waals surface area contributed by atoms with E-state index in [0.717, 1.165) is 0 Å². The van der Waals surface area contributed by atoms with Gasteiger partial charge in [-0.3, -0.25) is 0 Å². The van der Waals surface area contributed by atoms with Gasteiger partial charge in [0.1, 0.15) is 17.3 Å². The predicted octanol–water partition coefficient (Wildman–Crippen LogP) is 1.09. The Kier molecular flexibility index (Phi) is 5.45. The van der Waals surface area contributed by atoms with Crippen LogP contribution in [-0.4, -0.2) is 52.2 Å². The number of halogens is 1. The number of rotatable bonds is 6. The Balaban J connectivity index is 2.30. The molecule has 2 N–H and O–H groups in total. The maximum Gasteiger partial charge on any atom is 0.246 e. The first kappa shape index (κ1) is 16.5. The summed E-state index contributed by atoms with van der Waals surface area (Å²) in [7, 11) is -2.11. The summed E-state index contributed by atoms with van der Waals surface area (Å²) >= 11 is 5.93. The van der Waals surface area contributed by atoms with E-state index in [1.54, 1.807) is 19.2 Å².